The van der Waals surface area contributed by atoms with E-state index < -0.39 is 11.7 Å². The van der Waals surface area contributed by atoms with Crippen LogP contribution in [0.15, 0.2) is 12.3 Å². The first-order chi connectivity index (χ1) is 6.53. The van der Waals surface area contributed by atoms with Gasteiger partial charge < -0.3 is 10.2 Å². The highest BCUT2D eigenvalue weighted by Gasteiger charge is 2.31. The lowest BCUT2D eigenvalue weighted by molar-refractivity contribution is -0.0696. The Kier molecular flexibility index (Phi) is 3.29. The SMILES string of the molecule is CCn1nccc1C(O)C(C)(O)CC. The van der Waals surface area contributed by atoms with Crippen LogP contribution in [0.4, 0.5) is 0 Å². The summed E-state index contributed by atoms with van der Waals surface area (Å²) in [6.07, 6.45) is 1.26. The molecular formula is C10H18N2O2. The van der Waals surface area contributed by atoms with Crippen molar-refractivity contribution in [2.45, 2.75) is 45.4 Å². The molecule has 0 radical (unpaired) electrons. The molecule has 1 heterocycles. The van der Waals surface area contributed by atoms with Crippen molar-refractivity contribution in [3.05, 3.63) is 18.0 Å². The summed E-state index contributed by atoms with van der Waals surface area (Å²) in [6, 6.07) is 1.73. The zero-order chi connectivity index (χ0) is 10.8. The fourth-order valence-corrected chi connectivity index (χ4v) is 1.35. The molecule has 2 unspecified atom stereocenters. The van der Waals surface area contributed by atoms with Crippen molar-refractivity contribution in [1.29, 1.82) is 0 Å². The van der Waals surface area contributed by atoms with Crippen LogP contribution >= 0.6 is 0 Å². The minimum Gasteiger partial charge on any atom is -0.387 e. The first-order valence-corrected chi connectivity index (χ1v) is 4.95. The van der Waals surface area contributed by atoms with Gasteiger partial charge in [-0.15, -0.1) is 0 Å². The summed E-state index contributed by atoms with van der Waals surface area (Å²) in [6.45, 7) is 6.11. The normalized spacial score (nSPS) is 17.8. The Morgan fingerprint density at radius 1 is 1.57 bits per heavy atom. The van der Waals surface area contributed by atoms with Crippen LogP contribution in [0, 0.1) is 0 Å². The third kappa shape index (κ3) is 1.96. The van der Waals surface area contributed by atoms with Crippen molar-refractivity contribution in [2.75, 3.05) is 0 Å². The number of hydrogen-bond acceptors (Lipinski definition) is 3. The number of aliphatic hydroxyl groups excluding tert-OH is 1. The Hall–Kier alpha value is -0.870. The molecule has 2 atom stereocenters. The number of aryl methyl sites for hydroxylation is 1. The van der Waals surface area contributed by atoms with Crippen LogP contribution in [0.5, 0.6) is 0 Å². The van der Waals surface area contributed by atoms with E-state index in [0.717, 1.165) is 0 Å². The van der Waals surface area contributed by atoms with Gasteiger partial charge in [0.15, 0.2) is 0 Å². The van der Waals surface area contributed by atoms with Gasteiger partial charge in [0.2, 0.25) is 0 Å². The smallest absolute Gasteiger partial charge is 0.124 e. The average Bonchev–Trinajstić information content (AvgIpc) is 2.64. The van der Waals surface area contributed by atoms with Gasteiger partial charge in [0.25, 0.3) is 0 Å². The molecule has 0 spiro atoms. The Morgan fingerprint density at radius 3 is 2.71 bits per heavy atom. The van der Waals surface area contributed by atoms with Crippen molar-refractivity contribution < 1.29 is 10.2 Å². The molecule has 0 bridgehead atoms. The topological polar surface area (TPSA) is 58.3 Å². The molecule has 0 aliphatic rings. The van der Waals surface area contributed by atoms with Gasteiger partial charge in [0.1, 0.15) is 6.10 Å². The van der Waals surface area contributed by atoms with E-state index in [1.54, 1.807) is 23.9 Å². The summed E-state index contributed by atoms with van der Waals surface area (Å²) in [7, 11) is 0. The fourth-order valence-electron chi connectivity index (χ4n) is 1.35. The van der Waals surface area contributed by atoms with Crippen molar-refractivity contribution in [3.8, 4) is 0 Å². The van der Waals surface area contributed by atoms with Crippen LogP contribution in [0.2, 0.25) is 0 Å². The highest BCUT2D eigenvalue weighted by molar-refractivity contribution is 5.09. The van der Waals surface area contributed by atoms with E-state index in [2.05, 4.69) is 5.10 Å². The third-order valence-corrected chi connectivity index (χ3v) is 2.63. The summed E-state index contributed by atoms with van der Waals surface area (Å²) >= 11 is 0. The molecule has 0 aliphatic carbocycles. The molecule has 2 N–H and O–H groups in total. The van der Waals surface area contributed by atoms with Crippen LogP contribution in [-0.2, 0) is 6.54 Å². The van der Waals surface area contributed by atoms with Gasteiger partial charge in [0.05, 0.1) is 11.3 Å². The fraction of sp³-hybridized carbons (Fsp3) is 0.700. The van der Waals surface area contributed by atoms with Crippen LogP contribution in [-0.4, -0.2) is 25.6 Å². The second kappa shape index (κ2) is 4.11. The van der Waals surface area contributed by atoms with Gasteiger partial charge >= 0.3 is 0 Å². The van der Waals surface area contributed by atoms with Crippen LogP contribution in [0.1, 0.15) is 39.0 Å². The van der Waals surface area contributed by atoms with Crippen LogP contribution in [0.3, 0.4) is 0 Å². The highest BCUT2D eigenvalue weighted by Crippen LogP contribution is 2.27. The second-order valence-corrected chi connectivity index (χ2v) is 3.69. The summed E-state index contributed by atoms with van der Waals surface area (Å²) < 4.78 is 1.69. The number of nitrogens with zero attached hydrogens (tertiary/aromatic N) is 2. The minimum absolute atomic E-state index is 0.503. The zero-order valence-electron chi connectivity index (χ0n) is 8.94. The maximum absolute atomic E-state index is 9.94. The summed E-state index contributed by atoms with van der Waals surface area (Å²) in [4.78, 5) is 0. The Morgan fingerprint density at radius 2 is 2.21 bits per heavy atom. The number of aliphatic hydroxyl groups is 2. The molecule has 0 fully saturated rings. The summed E-state index contributed by atoms with van der Waals surface area (Å²) in [5.74, 6) is 0. The second-order valence-electron chi connectivity index (χ2n) is 3.69. The van der Waals surface area contributed by atoms with Crippen LogP contribution in [0.25, 0.3) is 0 Å². The van der Waals surface area contributed by atoms with E-state index in [1.807, 2.05) is 13.8 Å². The molecule has 14 heavy (non-hydrogen) atoms. The molecule has 0 saturated carbocycles. The molecule has 0 aliphatic heterocycles. The van der Waals surface area contributed by atoms with E-state index in [9.17, 15) is 10.2 Å². The average molecular weight is 198 g/mol. The molecule has 1 aromatic rings. The third-order valence-electron chi connectivity index (χ3n) is 2.63. The Bertz CT molecular complexity index is 294. The highest BCUT2D eigenvalue weighted by atomic mass is 16.3. The Labute approximate surface area is 84.2 Å². The number of aromatic nitrogens is 2. The van der Waals surface area contributed by atoms with Crippen molar-refractivity contribution in [2.24, 2.45) is 0 Å². The van der Waals surface area contributed by atoms with E-state index >= 15 is 0 Å². The summed E-state index contributed by atoms with van der Waals surface area (Å²) in [5.41, 5.74) is -0.424. The quantitative estimate of drug-likeness (QED) is 0.761. The largest absolute Gasteiger partial charge is 0.387 e. The van der Waals surface area contributed by atoms with Gasteiger partial charge in [-0.3, -0.25) is 4.68 Å². The minimum atomic E-state index is -1.09. The first-order valence-electron chi connectivity index (χ1n) is 4.95. The van der Waals surface area contributed by atoms with Gasteiger partial charge in [-0.05, 0) is 26.3 Å². The Balaban J connectivity index is 2.94. The molecule has 4 nitrogen and oxygen atoms in total. The van der Waals surface area contributed by atoms with Crippen molar-refractivity contribution >= 4 is 0 Å². The molecule has 4 heteroatoms. The van der Waals surface area contributed by atoms with Gasteiger partial charge in [-0.2, -0.15) is 5.10 Å². The molecule has 0 saturated heterocycles. The number of hydrogen-bond donors (Lipinski definition) is 2. The predicted octanol–water partition coefficient (Wildman–Crippen LogP) is 1.10. The lowest BCUT2D eigenvalue weighted by Gasteiger charge is -2.27. The molecule has 1 aromatic heterocycles. The molecular weight excluding hydrogens is 180 g/mol. The summed E-state index contributed by atoms with van der Waals surface area (Å²) in [5, 5.41) is 23.9. The maximum Gasteiger partial charge on any atom is 0.124 e. The number of rotatable bonds is 4. The van der Waals surface area contributed by atoms with Crippen molar-refractivity contribution in [1.82, 2.24) is 9.78 Å². The van der Waals surface area contributed by atoms with E-state index in [0.29, 0.717) is 18.7 Å². The molecule has 80 valence electrons. The molecule has 0 aromatic carbocycles. The van der Waals surface area contributed by atoms with Gasteiger partial charge in [0, 0.05) is 12.7 Å². The van der Waals surface area contributed by atoms with Crippen LogP contribution < -0.4 is 0 Å². The van der Waals surface area contributed by atoms with Crippen molar-refractivity contribution in [3.63, 3.8) is 0 Å². The zero-order valence-corrected chi connectivity index (χ0v) is 8.94. The maximum atomic E-state index is 9.94. The molecule has 1 rings (SSSR count). The van der Waals surface area contributed by atoms with Gasteiger partial charge in [-0.1, -0.05) is 6.92 Å². The monoisotopic (exact) mass is 198 g/mol. The lowest BCUT2D eigenvalue weighted by Crippen LogP contribution is -2.33. The first kappa shape index (κ1) is 11.2. The van der Waals surface area contributed by atoms with E-state index in [4.69, 9.17) is 0 Å². The van der Waals surface area contributed by atoms with E-state index in [-0.39, 0.29) is 0 Å². The standard InChI is InChI=1S/C10H18N2O2/c1-4-10(3,14)9(13)8-6-7-11-12(8)5-2/h6-7,9,13-14H,4-5H2,1-3H3. The van der Waals surface area contributed by atoms with E-state index in [1.165, 1.54) is 0 Å². The predicted molar refractivity (Wildman–Crippen MR) is 53.8 cm³/mol. The molecule has 0 amide bonds. The lowest BCUT2D eigenvalue weighted by atomic mass is 9.94. The van der Waals surface area contributed by atoms with Gasteiger partial charge in [-0.25, -0.2) is 0 Å².